The summed E-state index contributed by atoms with van der Waals surface area (Å²) in [4.78, 5) is 28.1. The molecule has 3 rings (SSSR count). The van der Waals surface area contributed by atoms with Gasteiger partial charge in [0.25, 0.3) is 0 Å². The zero-order valence-electron chi connectivity index (χ0n) is 20.3. The number of carbonyl (C=O) groups is 2. The van der Waals surface area contributed by atoms with Gasteiger partial charge in [-0.1, -0.05) is 78.9 Å². The van der Waals surface area contributed by atoms with E-state index in [0.29, 0.717) is 12.3 Å². The van der Waals surface area contributed by atoms with E-state index in [9.17, 15) is 9.59 Å². The van der Waals surface area contributed by atoms with Gasteiger partial charge in [0.15, 0.2) is 0 Å². The van der Waals surface area contributed by atoms with Crippen LogP contribution in [0.5, 0.6) is 0 Å². The maximum absolute atomic E-state index is 13.3. The molecule has 1 atom stereocenters. The number of thioether (sulfide) groups is 1. The molecule has 1 unspecified atom stereocenters. The molecule has 2 amide bonds. The van der Waals surface area contributed by atoms with Crippen LogP contribution in [0.2, 0.25) is 0 Å². The van der Waals surface area contributed by atoms with Crippen molar-refractivity contribution >= 4 is 23.6 Å². The van der Waals surface area contributed by atoms with Crippen molar-refractivity contribution in [3.8, 4) is 0 Å². The SMILES string of the molecule is Cc1cc(C)cc(CSCC(=O)N(CCc2ccccc2)C(C)C(=O)NC2CCCCC2)c1. The number of benzene rings is 2. The molecular formula is C28H38N2O2S. The Morgan fingerprint density at radius 2 is 1.67 bits per heavy atom. The quantitative estimate of drug-likeness (QED) is 0.507. The Bertz CT molecular complexity index is 889. The van der Waals surface area contributed by atoms with Crippen LogP contribution in [0, 0.1) is 13.8 Å². The molecular weight excluding hydrogens is 428 g/mol. The van der Waals surface area contributed by atoms with Gasteiger partial charge in [0, 0.05) is 18.3 Å². The van der Waals surface area contributed by atoms with Gasteiger partial charge < -0.3 is 10.2 Å². The van der Waals surface area contributed by atoms with Gasteiger partial charge in [-0.05, 0) is 51.2 Å². The van der Waals surface area contributed by atoms with Crippen molar-refractivity contribution in [1.29, 1.82) is 0 Å². The van der Waals surface area contributed by atoms with Crippen LogP contribution in [0.1, 0.15) is 61.3 Å². The van der Waals surface area contributed by atoms with Crippen LogP contribution < -0.4 is 5.32 Å². The minimum Gasteiger partial charge on any atom is -0.352 e. The zero-order valence-corrected chi connectivity index (χ0v) is 21.1. The van der Waals surface area contributed by atoms with Gasteiger partial charge in [0.2, 0.25) is 11.8 Å². The molecule has 178 valence electrons. The number of carbonyl (C=O) groups excluding carboxylic acids is 2. The van der Waals surface area contributed by atoms with Crippen molar-refractivity contribution in [3.05, 3.63) is 70.8 Å². The number of nitrogens with one attached hydrogen (secondary N) is 1. The molecule has 0 aliphatic heterocycles. The van der Waals surface area contributed by atoms with E-state index in [4.69, 9.17) is 0 Å². The van der Waals surface area contributed by atoms with Crippen LogP contribution in [-0.2, 0) is 21.8 Å². The highest BCUT2D eigenvalue weighted by molar-refractivity contribution is 7.99. The normalized spacial score (nSPS) is 15.1. The molecule has 33 heavy (non-hydrogen) atoms. The van der Waals surface area contributed by atoms with Crippen molar-refractivity contribution in [1.82, 2.24) is 10.2 Å². The Kier molecular flexibility index (Phi) is 9.86. The van der Waals surface area contributed by atoms with Crippen molar-refractivity contribution < 1.29 is 9.59 Å². The molecule has 5 heteroatoms. The third-order valence-electron chi connectivity index (χ3n) is 6.38. The van der Waals surface area contributed by atoms with E-state index in [1.807, 2.05) is 25.1 Å². The van der Waals surface area contributed by atoms with E-state index in [0.717, 1.165) is 25.0 Å². The Balaban J connectivity index is 1.61. The molecule has 1 saturated carbocycles. The number of hydrogen-bond acceptors (Lipinski definition) is 3. The summed E-state index contributed by atoms with van der Waals surface area (Å²) in [5.74, 6) is 1.18. The largest absolute Gasteiger partial charge is 0.352 e. The zero-order chi connectivity index (χ0) is 23.6. The van der Waals surface area contributed by atoms with Gasteiger partial charge in [-0.2, -0.15) is 0 Å². The topological polar surface area (TPSA) is 49.4 Å². The van der Waals surface area contributed by atoms with E-state index in [1.54, 1.807) is 16.7 Å². The van der Waals surface area contributed by atoms with Gasteiger partial charge in [0.05, 0.1) is 5.75 Å². The van der Waals surface area contributed by atoms with Gasteiger partial charge in [0.1, 0.15) is 6.04 Å². The summed E-state index contributed by atoms with van der Waals surface area (Å²) in [6.45, 7) is 6.62. The lowest BCUT2D eigenvalue weighted by Gasteiger charge is -2.31. The first kappa shape index (κ1) is 25.4. The summed E-state index contributed by atoms with van der Waals surface area (Å²) in [5.41, 5.74) is 4.91. The molecule has 4 nitrogen and oxygen atoms in total. The first-order chi connectivity index (χ1) is 15.9. The van der Waals surface area contributed by atoms with Crippen LogP contribution in [-0.4, -0.2) is 41.1 Å². The smallest absolute Gasteiger partial charge is 0.242 e. The maximum atomic E-state index is 13.3. The first-order valence-electron chi connectivity index (χ1n) is 12.2. The number of hydrogen-bond donors (Lipinski definition) is 1. The molecule has 0 spiro atoms. The number of amides is 2. The Morgan fingerprint density at radius 1 is 1.00 bits per heavy atom. The van der Waals surface area contributed by atoms with Crippen molar-refractivity contribution in [2.75, 3.05) is 12.3 Å². The summed E-state index contributed by atoms with van der Waals surface area (Å²) in [7, 11) is 0. The molecule has 0 saturated heterocycles. The lowest BCUT2D eigenvalue weighted by Crippen LogP contribution is -2.51. The second-order valence-corrected chi connectivity index (χ2v) is 10.3. The molecule has 0 heterocycles. The number of aryl methyl sites for hydroxylation is 2. The molecule has 1 aliphatic carbocycles. The average Bonchev–Trinajstić information content (AvgIpc) is 2.80. The first-order valence-corrected chi connectivity index (χ1v) is 13.4. The van der Waals surface area contributed by atoms with E-state index in [1.165, 1.54) is 41.5 Å². The Morgan fingerprint density at radius 3 is 2.33 bits per heavy atom. The van der Waals surface area contributed by atoms with E-state index in [2.05, 4.69) is 49.5 Å². The molecule has 0 bridgehead atoms. The van der Waals surface area contributed by atoms with Gasteiger partial charge in [-0.15, -0.1) is 11.8 Å². The van der Waals surface area contributed by atoms with Crippen LogP contribution >= 0.6 is 11.8 Å². The predicted molar refractivity (Wildman–Crippen MR) is 138 cm³/mol. The molecule has 2 aromatic rings. The van der Waals surface area contributed by atoms with E-state index in [-0.39, 0.29) is 17.9 Å². The van der Waals surface area contributed by atoms with Crippen LogP contribution in [0.3, 0.4) is 0 Å². The van der Waals surface area contributed by atoms with Crippen LogP contribution in [0.25, 0.3) is 0 Å². The van der Waals surface area contributed by atoms with E-state index >= 15 is 0 Å². The standard InChI is InChI=1S/C28H38N2O2S/c1-21-16-22(2)18-25(17-21)19-33-20-27(31)30(15-14-24-10-6-4-7-11-24)23(3)28(32)29-26-12-8-5-9-13-26/h4,6-7,10-11,16-18,23,26H,5,8-9,12-15,19-20H2,1-3H3,(H,29,32). The molecule has 1 N–H and O–H groups in total. The van der Waals surface area contributed by atoms with Crippen LogP contribution in [0.4, 0.5) is 0 Å². The maximum Gasteiger partial charge on any atom is 0.242 e. The van der Waals surface area contributed by atoms with Gasteiger partial charge >= 0.3 is 0 Å². The highest BCUT2D eigenvalue weighted by Crippen LogP contribution is 2.19. The summed E-state index contributed by atoms with van der Waals surface area (Å²) in [6.07, 6.45) is 6.43. The van der Waals surface area contributed by atoms with Gasteiger partial charge in [-0.25, -0.2) is 0 Å². The Hall–Kier alpha value is -2.27. The van der Waals surface area contributed by atoms with Crippen molar-refractivity contribution in [3.63, 3.8) is 0 Å². The summed E-state index contributed by atoms with van der Waals surface area (Å²) in [5, 5.41) is 3.21. The lowest BCUT2D eigenvalue weighted by molar-refractivity contribution is -0.138. The predicted octanol–water partition coefficient (Wildman–Crippen LogP) is 5.45. The Labute approximate surface area is 203 Å². The molecule has 0 radical (unpaired) electrons. The number of rotatable bonds is 10. The van der Waals surface area contributed by atoms with Gasteiger partial charge in [-0.3, -0.25) is 9.59 Å². The minimum absolute atomic E-state index is 0.0254. The third kappa shape index (κ3) is 8.22. The minimum atomic E-state index is -0.468. The fraction of sp³-hybridized carbons (Fsp3) is 0.500. The molecule has 1 aliphatic rings. The number of nitrogens with zero attached hydrogens (tertiary/aromatic N) is 1. The highest BCUT2D eigenvalue weighted by Gasteiger charge is 2.27. The fourth-order valence-corrected chi connectivity index (χ4v) is 5.48. The second kappa shape index (κ2) is 12.8. The molecule has 2 aromatic carbocycles. The second-order valence-electron chi connectivity index (χ2n) is 9.33. The average molecular weight is 467 g/mol. The third-order valence-corrected chi connectivity index (χ3v) is 7.37. The molecule has 0 aromatic heterocycles. The monoisotopic (exact) mass is 466 g/mol. The summed E-state index contributed by atoms with van der Waals surface area (Å²) < 4.78 is 0. The van der Waals surface area contributed by atoms with Crippen molar-refractivity contribution in [2.45, 2.75) is 77.1 Å². The lowest BCUT2D eigenvalue weighted by atomic mass is 9.95. The highest BCUT2D eigenvalue weighted by atomic mass is 32.2. The van der Waals surface area contributed by atoms with Crippen LogP contribution in [0.15, 0.2) is 48.5 Å². The fourth-order valence-electron chi connectivity index (χ4n) is 4.63. The summed E-state index contributed by atoms with van der Waals surface area (Å²) in [6, 6.07) is 16.5. The molecule has 1 fully saturated rings. The van der Waals surface area contributed by atoms with E-state index < -0.39 is 6.04 Å². The van der Waals surface area contributed by atoms with Crippen molar-refractivity contribution in [2.24, 2.45) is 0 Å². The summed E-state index contributed by atoms with van der Waals surface area (Å²) >= 11 is 1.62.